The van der Waals surface area contributed by atoms with Gasteiger partial charge in [-0.15, -0.1) is 0 Å². The van der Waals surface area contributed by atoms with Gasteiger partial charge in [0.1, 0.15) is 0 Å². The van der Waals surface area contributed by atoms with Crippen LogP contribution in [-0.4, -0.2) is 36.7 Å². The van der Waals surface area contributed by atoms with Crippen LogP contribution in [0.25, 0.3) is 0 Å². The van der Waals surface area contributed by atoms with Crippen molar-refractivity contribution < 1.29 is 32.6 Å². The van der Waals surface area contributed by atoms with E-state index in [0.29, 0.717) is 6.07 Å². The zero-order chi connectivity index (χ0) is 16.2. The number of carboxylic acid groups (broad SMARTS) is 1. The number of hydrogen-bond donors (Lipinski definition) is 2. The van der Waals surface area contributed by atoms with Crippen molar-refractivity contribution in [2.45, 2.75) is 12.3 Å². The lowest BCUT2D eigenvalue weighted by molar-refractivity contribution is -0.148. The van der Waals surface area contributed by atoms with Gasteiger partial charge < -0.3 is 15.2 Å². The maximum absolute atomic E-state index is 12.7. The summed E-state index contributed by atoms with van der Waals surface area (Å²) in [5.41, 5.74) is -1.22. The summed E-state index contributed by atoms with van der Waals surface area (Å²) in [6.45, 7) is -0.359. The second kappa shape index (κ2) is 6.90. The molecule has 21 heavy (non-hydrogen) atoms. The summed E-state index contributed by atoms with van der Waals surface area (Å²) in [5, 5.41) is 10.9. The van der Waals surface area contributed by atoms with Crippen molar-refractivity contribution in [3.05, 3.63) is 33.8 Å². The molecule has 5 nitrogen and oxygen atoms in total. The molecule has 2 N–H and O–H groups in total. The molecule has 1 aromatic rings. The number of halogens is 4. The number of alkyl halides is 3. The minimum Gasteiger partial charge on any atom is -0.479 e. The normalized spacial score (nSPS) is 12.8. The van der Waals surface area contributed by atoms with E-state index in [4.69, 9.17) is 5.11 Å². The largest absolute Gasteiger partial charge is 0.479 e. The molecule has 1 rings (SSSR count). The van der Waals surface area contributed by atoms with Crippen LogP contribution in [0.1, 0.15) is 15.9 Å². The van der Waals surface area contributed by atoms with Crippen LogP contribution in [-0.2, 0) is 15.7 Å². The average Bonchev–Trinajstić information content (AvgIpc) is 2.37. The first kappa shape index (κ1) is 17.4. The zero-order valence-corrected chi connectivity index (χ0v) is 12.3. The molecule has 0 spiro atoms. The molecule has 116 valence electrons. The molecule has 0 heterocycles. The van der Waals surface area contributed by atoms with E-state index in [9.17, 15) is 22.8 Å². The van der Waals surface area contributed by atoms with Gasteiger partial charge in [0.15, 0.2) is 6.10 Å². The van der Waals surface area contributed by atoms with Gasteiger partial charge in [0.05, 0.1) is 12.1 Å². The Hall–Kier alpha value is -1.61. The highest BCUT2D eigenvalue weighted by Crippen LogP contribution is 2.35. The van der Waals surface area contributed by atoms with Gasteiger partial charge in [-0.1, -0.05) is 15.9 Å². The fourth-order valence-electron chi connectivity index (χ4n) is 1.44. The van der Waals surface area contributed by atoms with Crippen molar-refractivity contribution in [2.75, 3.05) is 13.7 Å². The van der Waals surface area contributed by atoms with Gasteiger partial charge in [0.25, 0.3) is 5.91 Å². The van der Waals surface area contributed by atoms with Crippen LogP contribution in [0.15, 0.2) is 22.7 Å². The number of nitrogens with one attached hydrogen (secondary N) is 1. The lowest BCUT2D eigenvalue weighted by Crippen LogP contribution is -2.37. The summed E-state index contributed by atoms with van der Waals surface area (Å²) in [4.78, 5) is 22.4. The molecule has 0 radical (unpaired) electrons. The van der Waals surface area contributed by atoms with E-state index in [0.717, 1.165) is 13.2 Å². The van der Waals surface area contributed by atoms with Crippen molar-refractivity contribution in [3.8, 4) is 0 Å². The lowest BCUT2D eigenvalue weighted by atomic mass is 10.1. The fourth-order valence-corrected chi connectivity index (χ4v) is 1.91. The van der Waals surface area contributed by atoms with Crippen molar-refractivity contribution in [1.82, 2.24) is 5.32 Å². The Morgan fingerprint density at radius 3 is 2.52 bits per heavy atom. The third kappa shape index (κ3) is 4.71. The van der Waals surface area contributed by atoms with Gasteiger partial charge in [0, 0.05) is 17.1 Å². The Morgan fingerprint density at radius 2 is 2.05 bits per heavy atom. The number of ether oxygens (including phenoxy) is 1. The molecule has 0 saturated heterocycles. The monoisotopic (exact) mass is 369 g/mol. The quantitative estimate of drug-likeness (QED) is 0.834. The minimum atomic E-state index is -4.61. The number of aliphatic carboxylic acids is 1. The Labute approximate surface area is 126 Å². The predicted octanol–water partition coefficient (Wildman–Crippen LogP) is 2.30. The summed E-state index contributed by atoms with van der Waals surface area (Å²) < 4.78 is 42.5. The Morgan fingerprint density at radius 1 is 1.43 bits per heavy atom. The molecule has 0 aliphatic carbocycles. The van der Waals surface area contributed by atoms with Crippen LogP contribution in [0.2, 0.25) is 0 Å². The Kier molecular flexibility index (Phi) is 5.73. The fraction of sp³-hybridized carbons (Fsp3) is 0.333. The molecule has 1 aromatic carbocycles. The van der Waals surface area contributed by atoms with E-state index in [1.165, 1.54) is 6.07 Å². The van der Waals surface area contributed by atoms with Gasteiger partial charge in [-0.25, -0.2) is 4.79 Å². The highest BCUT2D eigenvalue weighted by molar-refractivity contribution is 9.10. The molecular weight excluding hydrogens is 359 g/mol. The molecule has 0 saturated carbocycles. The maximum Gasteiger partial charge on any atom is 0.417 e. The molecule has 0 aliphatic heterocycles. The van der Waals surface area contributed by atoms with E-state index in [-0.39, 0.29) is 16.6 Å². The smallest absolute Gasteiger partial charge is 0.417 e. The number of carbonyl (C=O) groups excluding carboxylic acids is 1. The predicted molar refractivity (Wildman–Crippen MR) is 69.9 cm³/mol. The van der Waals surface area contributed by atoms with E-state index < -0.39 is 29.7 Å². The molecule has 9 heteroatoms. The Bertz CT molecular complexity index is 548. The first-order chi connectivity index (χ1) is 9.66. The first-order valence-electron chi connectivity index (χ1n) is 5.57. The molecule has 1 unspecified atom stereocenters. The summed E-state index contributed by atoms with van der Waals surface area (Å²) in [6, 6.07) is 2.97. The third-order valence-corrected chi connectivity index (χ3v) is 3.23. The number of carbonyl (C=O) groups is 2. The molecule has 0 aromatic heterocycles. The molecule has 1 amide bonds. The molecular formula is C12H11BrF3NO4. The molecule has 0 bridgehead atoms. The van der Waals surface area contributed by atoms with Crippen LogP contribution >= 0.6 is 15.9 Å². The minimum absolute atomic E-state index is 0.188. The van der Waals surface area contributed by atoms with Gasteiger partial charge >= 0.3 is 12.1 Å². The lowest BCUT2D eigenvalue weighted by Gasteiger charge is -2.13. The van der Waals surface area contributed by atoms with E-state index in [2.05, 4.69) is 26.0 Å². The van der Waals surface area contributed by atoms with E-state index in [1.54, 1.807) is 0 Å². The standard InChI is InChI=1S/C12H11BrF3NO4/c1-21-9(11(19)20)5-17-10(18)6-2-3-8(13)7(4-6)12(14,15)16/h2-4,9H,5H2,1H3,(H,17,18)(H,19,20). The molecule has 0 aliphatic rings. The van der Waals surface area contributed by atoms with Crippen LogP contribution in [0, 0.1) is 0 Å². The number of amides is 1. The van der Waals surface area contributed by atoms with E-state index >= 15 is 0 Å². The van der Waals surface area contributed by atoms with Crippen molar-refractivity contribution in [2.24, 2.45) is 0 Å². The number of rotatable bonds is 5. The zero-order valence-electron chi connectivity index (χ0n) is 10.7. The SMILES string of the molecule is COC(CNC(=O)c1ccc(Br)c(C(F)(F)F)c1)C(=O)O. The van der Waals surface area contributed by atoms with Crippen LogP contribution in [0.3, 0.4) is 0 Å². The second-order valence-corrected chi connectivity index (χ2v) is 4.82. The van der Waals surface area contributed by atoms with Crippen LogP contribution < -0.4 is 5.32 Å². The summed E-state index contributed by atoms with van der Waals surface area (Å²) in [6.07, 6.45) is -5.88. The highest BCUT2D eigenvalue weighted by Gasteiger charge is 2.33. The molecule has 1 atom stereocenters. The first-order valence-corrected chi connectivity index (χ1v) is 6.36. The number of hydrogen-bond acceptors (Lipinski definition) is 3. The van der Waals surface area contributed by atoms with Crippen molar-refractivity contribution in [1.29, 1.82) is 0 Å². The Balaban J connectivity index is 2.87. The van der Waals surface area contributed by atoms with Crippen LogP contribution in [0.5, 0.6) is 0 Å². The highest BCUT2D eigenvalue weighted by atomic mass is 79.9. The maximum atomic E-state index is 12.7. The number of methoxy groups -OCH3 is 1. The van der Waals surface area contributed by atoms with Gasteiger partial charge in [-0.3, -0.25) is 4.79 Å². The third-order valence-electron chi connectivity index (χ3n) is 2.54. The number of benzene rings is 1. The topological polar surface area (TPSA) is 75.6 Å². The van der Waals surface area contributed by atoms with Gasteiger partial charge in [-0.05, 0) is 18.2 Å². The number of carboxylic acids is 1. The summed E-state index contributed by atoms with van der Waals surface area (Å²) in [5.74, 6) is -2.11. The van der Waals surface area contributed by atoms with Crippen molar-refractivity contribution >= 4 is 27.8 Å². The second-order valence-electron chi connectivity index (χ2n) is 3.96. The summed E-state index contributed by atoms with van der Waals surface area (Å²) >= 11 is 2.76. The van der Waals surface area contributed by atoms with Crippen LogP contribution in [0.4, 0.5) is 13.2 Å². The average molecular weight is 370 g/mol. The van der Waals surface area contributed by atoms with E-state index in [1.807, 2.05) is 0 Å². The van der Waals surface area contributed by atoms with Crippen molar-refractivity contribution in [3.63, 3.8) is 0 Å². The van der Waals surface area contributed by atoms with Gasteiger partial charge in [-0.2, -0.15) is 13.2 Å². The van der Waals surface area contributed by atoms with Gasteiger partial charge in [0.2, 0.25) is 0 Å². The molecule has 0 fully saturated rings. The summed E-state index contributed by atoms with van der Waals surface area (Å²) in [7, 11) is 1.15.